The summed E-state index contributed by atoms with van der Waals surface area (Å²) in [5, 5.41) is 8.64. The van der Waals surface area contributed by atoms with E-state index in [0.717, 1.165) is 24.1 Å². The number of nitroso groups, excluding NO2 is 1. The highest BCUT2D eigenvalue weighted by Crippen LogP contribution is 2.36. The fourth-order valence-corrected chi connectivity index (χ4v) is 3.05. The van der Waals surface area contributed by atoms with Gasteiger partial charge in [0.15, 0.2) is 11.5 Å². The Hall–Kier alpha value is -2.47. The van der Waals surface area contributed by atoms with E-state index < -0.39 is 0 Å². The molecule has 1 saturated carbocycles. The molecule has 1 aliphatic rings. The maximum absolute atomic E-state index is 11.4. The Morgan fingerprint density at radius 3 is 2.70 bits per heavy atom. The maximum Gasteiger partial charge on any atom is 0.161 e. The normalized spacial score (nSPS) is 13.1. The summed E-state index contributed by atoms with van der Waals surface area (Å²) in [5.41, 5.74) is 2.55. The van der Waals surface area contributed by atoms with Gasteiger partial charge < -0.3 is 14.8 Å². The van der Waals surface area contributed by atoms with Crippen LogP contribution in [0.25, 0.3) is 0 Å². The molecule has 0 radical (unpaired) electrons. The van der Waals surface area contributed by atoms with Crippen molar-refractivity contribution in [1.82, 2.24) is 0 Å². The molecule has 0 atom stereocenters. The minimum atomic E-state index is 0.532. The van der Waals surface area contributed by atoms with Crippen LogP contribution in [0, 0.1) is 10.8 Å². The predicted molar refractivity (Wildman–Crippen MR) is 109 cm³/mol. The highest BCUT2D eigenvalue weighted by molar-refractivity contribution is 6.31. The number of halogens is 1. The predicted octanol–water partition coefficient (Wildman–Crippen LogP) is 5.26. The monoisotopic (exact) mass is 389 g/mol. The zero-order valence-electron chi connectivity index (χ0n) is 15.6. The second-order valence-corrected chi connectivity index (χ2v) is 6.98. The number of methoxy groups -OCH3 is 1. The maximum atomic E-state index is 11.4. The van der Waals surface area contributed by atoms with E-state index in [1.807, 2.05) is 31.2 Å². The molecule has 1 fully saturated rings. The molecule has 0 amide bonds. The lowest BCUT2D eigenvalue weighted by Crippen LogP contribution is -2.20. The van der Waals surface area contributed by atoms with Crippen LogP contribution in [-0.4, -0.2) is 20.3 Å². The number of hydrogen-bond acceptors (Lipinski definition) is 5. The molecule has 27 heavy (non-hydrogen) atoms. The summed E-state index contributed by atoms with van der Waals surface area (Å²) in [4.78, 5) is 11.4. The Morgan fingerprint density at radius 2 is 2.04 bits per heavy atom. The number of hydrogen-bond donors (Lipinski definition) is 1. The summed E-state index contributed by atoms with van der Waals surface area (Å²) in [6, 6.07) is 11.3. The topological polar surface area (TPSA) is 63.2 Å². The van der Waals surface area contributed by atoms with Crippen molar-refractivity contribution in [3.8, 4) is 11.5 Å². The number of benzene rings is 2. The molecule has 7 heteroatoms. The molecule has 2 aromatic carbocycles. The van der Waals surface area contributed by atoms with Crippen LogP contribution in [0.5, 0.6) is 11.5 Å². The lowest BCUT2D eigenvalue weighted by atomic mass is 10.2. The van der Waals surface area contributed by atoms with Gasteiger partial charge in [0.2, 0.25) is 0 Å². The quantitative estimate of drug-likeness (QED) is 0.443. The Bertz CT molecular complexity index is 796. The second kappa shape index (κ2) is 8.95. The smallest absolute Gasteiger partial charge is 0.161 e. The lowest BCUT2D eigenvalue weighted by molar-refractivity contribution is 0.310. The van der Waals surface area contributed by atoms with E-state index in [0.29, 0.717) is 47.8 Å². The molecular formula is C20H24ClN3O3. The van der Waals surface area contributed by atoms with Crippen LogP contribution in [0.3, 0.4) is 0 Å². The van der Waals surface area contributed by atoms with Crippen LogP contribution in [0.2, 0.25) is 5.02 Å². The van der Waals surface area contributed by atoms with E-state index >= 15 is 0 Å². The van der Waals surface area contributed by atoms with Crippen molar-refractivity contribution < 1.29 is 9.47 Å². The summed E-state index contributed by atoms with van der Waals surface area (Å²) in [6.07, 6.45) is 2.28. The third kappa shape index (κ3) is 5.04. The first-order valence-corrected chi connectivity index (χ1v) is 9.46. The van der Waals surface area contributed by atoms with E-state index in [4.69, 9.17) is 21.1 Å². The van der Waals surface area contributed by atoms with Gasteiger partial charge in [-0.15, -0.1) is 4.91 Å². The Kier molecular flexibility index (Phi) is 6.40. The Labute approximate surface area is 164 Å². The van der Waals surface area contributed by atoms with Crippen LogP contribution in [-0.2, 0) is 6.54 Å². The van der Waals surface area contributed by atoms with Gasteiger partial charge in [0.25, 0.3) is 0 Å². The van der Waals surface area contributed by atoms with E-state index in [2.05, 4.69) is 10.6 Å². The largest absolute Gasteiger partial charge is 0.493 e. The average molecular weight is 390 g/mol. The van der Waals surface area contributed by atoms with Crippen molar-refractivity contribution in [2.75, 3.05) is 30.6 Å². The van der Waals surface area contributed by atoms with Gasteiger partial charge in [-0.25, -0.2) is 5.01 Å². The first-order valence-electron chi connectivity index (χ1n) is 9.08. The van der Waals surface area contributed by atoms with Crippen molar-refractivity contribution in [2.24, 2.45) is 11.2 Å². The molecule has 144 valence electrons. The van der Waals surface area contributed by atoms with Gasteiger partial charge in [-0.1, -0.05) is 17.7 Å². The van der Waals surface area contributed by atoms with Crippen molar-refractivity contribution in [1.29, 1.82) is 0 Å². The molecule has 3 rings (SSSR count). The lowest BCUT2D eigenvalue weighted by Gasteiger charge is -2.20. The van der Waals surface area contributed by atoms with E-state index in [1.54, 1.807) is 19.2 Å². The van der Waals surface area contributed by atoms with Crippen LogP contribution in [0.4, 0.5) is 11.4 Å². The Balaban J connectivity index is 1.77. The van der Waals surface area contributed by atoms with Gasteiger partial charge in [0, 0.05) is 18.1 Å². The fourth-order valence-electron chi connectivity index (χ4n) is 2.89. The van der Waals surface area contributed by atoms with Crippen LogP contribution < -0.4 is 19.8 Å². The molecule has 0 spiro atoms. The summed E-state index contributed by atoms with van der Waals surface area (Å²) < 4.78 is 11.0. The van der Waals surface area contributed by atoms with Gasteiger partial charge in [0.05, 0.1) is 30.4 Å². The van der Waals surface area contributed by atoms with Gasteiger partial charge in [-0.3, -0.25) is 0 Å². The molecule has 0 bridgehead atoms. The number of anilines is 2. The second-order valence-electron chi connectivity index (χ2n) is 6.54. The van der Waals surface area contributed by atoms with Gasteiger partial charge in [0.1, 0.15) is 0 Å². The van der Waals surface area contributed by atoms with Gasteiger partial charge in [-0.2, -0.15) is 0 Å². The molecule has 0 unspecified atom stereocenters. The van der Waals surface area contributed by atoms with E-state index in [-0.39, 0.29) is 0 Å². The third-order valence-corrected chi connectivity index (χ3v) is 4.71. The number of rotatable bonds is 10. The molecule has 0 heterocycles. The molecule has 0 aliphatic heterocycles. The highest BCUT2D eigenvalue weighted by atomic mass is 35.5. The van der Waals surface area contributed by atoms with Gasteiger partial charge in [-0.05, 0) is 61.6 Å². The van der Waals surface area contributed by atoms with Crippen LogP contribution >= 0.6 is 11.6 Å². The Morgan fingerprint density at radius 1 is 1.22 bits per heavy atom. The average Bonchev–Trinajstić information content (AvgIpc) is 3.50. The van der Waals surface area contributed by atoms with Crippen LogP contribution in [0.15, 0.2) is 41.7 Å². The van der Waals surface area contributed by atoms with Gasteiger partial charge >= 0.3 is 0 Å². The summed E-state index contributed by atoms with van der Waals surface area (Å²) in [5.74, 6) is 1.94. The highest BCUT2D eigenvalue weighted by Gasteiger charge is 2.26. The SMILES string of the molecule is CCOc1cc(CNc2ccc(Cl)cc2N(CC2CC2)N=O)ccc1OC. The number of nitrogens with zero attached hydrogens (tertiary/aromatic N) is 2. The van der Waals surface area contributed by atoms with E-state index in [1.165, 1.54) is 5.01 Å². The molecule has 0 aromatic heterocycles. The zero-order valence-corrected chi connectivity index (χ0v) is 16.3. The van der Waals surface area contributed by atoms with Crippen molar-refractivity contribution >= 4 is 23.0 Å². The zero-order chi connectivity index (χ0) is 19.2. The van der Waals surface area contributed by atoms with Crippen molar-refractivity contribution in [3.63, 3.8) is 0 Å². The standard InChI is InChI=1S/C20H24ClN3O3/c1-3-27-20-10-15(6-9-19(20)26-2)12-22-17-8-7-16(21)11-18(17)24(23-25)13-14-4-5-14/h6-11,14,22H,3-5,12-13H2,1-2H3. The minimum Gasteiger partial charge on any atom is -0.493 e. The molecule has 1 aliphatic carbocycles. The third-order valence-electron chi connectivity index (χ3n) is 4.48. The van der Waals surface area contributed by atoms with Crippen molar-refractivity contribution in [2.45, 2.75) is 26.3 Å². The fraction of sp³-hybridized carbons (Fsp3) is 0.400. The first-order chi connectivity index (χ1) is 13.1. The summed E-state index contributed by atoms with van der Waals surface area (Å²) >= 11 is 6.15. The van der Waals surface area contributed by atoms with Crippen molar-refractivity contribution in [3.05, 3.63) is 51.9 Å². The molecule has 2 aromatic rings. The number of nitrogens with one attached hydrogen (secondary N) is 1. The summed E-state index contributed by atoms with van der Waals surface area (Å²) in [7, 11) is 1.62. The molecule has 6 nitrogen and oxygen atoms in total. The minimum absolute atomic E-state index is 0.532. The summed E-state index contributed by atoms with van der Waals surface area (Å²) in [6.45, 7) is 3.69. The first kappa shape index (κ1) is 19.3. The molecule has 1 N–H and O–H groups in total. The van der Waals surface area contributed by atoms with E-state index in [9.17, 15) is 4.91 Å². The number of ether oxygens (including phenoxy) is 2. The molecule has 0 saturated heterocycles. The van der Waals surface area contributed by atoms with Crippen LogP contribution in [0.1, 0.15) is 25.3 Å². The molecular weight excluding hydrogens is 366 g/mol.